The van der Waals surface area contributed by atoms with Gasteiger partial charge in [-0.25, -0.2) is 0 Å². The maximum atomic E-state index is 2.23. The molecule has 0 saturated heterocycles. The van der Waals surface area contributed by atoms with Crippen LogP contribution in [0.2, 0.25) is 0 Å². The number of hydrogen-bond acceptors (Lipinski definition) is 0. The first-order valence-corrected chi connectivity index (χ1v) is 8.64. The van der Waals surface area contributed by atoms with Gasteiger partial charge >= 0.3 is 0 Å². The zero-order chi connectivity index (χ0) is 17.1. The average Bonchev–Trinajstić information content (AvgIpc) is 2.69. The zero-order valence-electron chi connectivity index (χ0n) is 14.3. The van der Waals surface area contributed by atoms with E-state index in [4.69, 9.17) is 0 Å². The number of hydrogen-bond donors (Lipinski definition) is 0. The minimum Gasteiger partial charge on any atom is -0.0622 e. The maximum Gasteiger partial charge on any atom is -0.00759 e. The van der Waals surface area contributed by atoms with Crippen LogP contribution < -0.4 is 0 Å². The fourth-order valence-corrected chi connectivity index (χ4v) is 3.47. The molecular formula is C25H20. The molecule has 0 nitrogen and oxygen atoms in total. The summed E-state index contributed by atoms with van der Waals surface area (Å²) in [5.41, 5.74) is 8.95. The molecule has 0 heterocycles. The largest absolute Gasteiger partial charge is 0.0622 e. The van der Waals surface area contributed by atoms with Crippen LogP contribution in [0.15, 0.2) is 103 Å². The van der Waals surface area contributed by atoms with Gasteiger partial charge in [-0.15, -0.1) is 0 Å². The van der Waals surface area contributed by atoms with Crippen LogP contribution in [0.3, 0.4) is 0 Å². The highest BCUT2D eigenvalue weighted by atomic mass is 14.2. The Morgan fingerprint density at radius 3 is 1.60 bits per heavy atom. The predicted octanol–water partition coefficient (Wildman–Crippen LogP) is 7.00. The molecule has 4 aromatic carbocycles. The van der Waals surface area contributed by atoms with Gasteiger partial charge in [0, 0.05) is 0 Å². The van der Waals surface area contributed by atoms with Crippen molar-refractivity contribution in [1.29, 1.82) is 0 Å². The van der Waals surface area contributed by atoms with Gasteiger partial charge in [-0.1, -0.05) is 103 Å². The van der Waals surface area contributed by atoms with Crippen molar-refractivity contribution in [2.75, 3.05) is 0 Å². The molecule has 0 aromatic heterocycles. The highest BCUT2D eigenvalue weighted by Gasteiger charge is 2.13. The molecule has 0 unspecified atom stereocenters. The molecular weight excluding hydrogens is 300 g/mol. The van der Waals surface area contributed by atoms with E-state index in [9.17, 15) is 0 Å². The molecule has 0 saturated carbocycles. The summed E-state index contributed by atoms with van der Waals surface area (Å²) in [4.78, 5) is 0. The Labute approximate surface area is 149 Å². The minimum absolute atomic E-state index is 1.25. The molecule has 0 spiro atoms. The van der Waals surface area contributed by atoms with Gasteiger partial charge in [-0.2, -0.15) is 0 Å². The van der Waals surface area contributed by atoms with Crippen LogP contribution in [0.5, 0.6) is 0 Å². The summed E-state index contributed by atoms with van der Waals surface area (Å²) >= 11 is 0. The first kappa shape index (κ1) is 15.4. The topological polar surface area (TPSA) is 0 Å². The summed E-state index contributed by atoms with van der Waals surface area (Å²) in [6.07, 6.45) is 0. The van der Waals surface area contributed by atoms with Gasteiger partial charge in [0.1, 0.15) is 0 Å². The zero-order valence-corrected chi connectivity index (χ0v) is 14.3. The molecule has 4 aromatic rings. The molecule has 0 bridgehead atoms. The molecule has 0 aliphatic rings. The highest BCUT2D eigenvalue weighted by Crippen LogP contribution is 2.39. The van der Waals surface area contributed by atoms with Gasteiger partial charge < -0.3 is 0 Å². The third kappa shape index (κ3) is 2.99. The van der Waals surface area contributed by atoms with Gasteiger partial charge in [-0.05, 0) is 45.9 Å². The van der Waals surface area contributed by atoms with Crippen LogP contribution in [-0.2, 0) is 0 Å². The first-order chi connectivity index (χ1) is 12.3. The van der Waals surface area contributed by atoms with Crippen molar-refractivity contribution >= 4 is 0 Å². The van der Waals surface area contributed by atoms with Crippen molar-refractivity contribution < 1.29 is 0 Å². The van der Waals surface area contributed by atoms with Crippen molar-refractivity contribution in [1.82, 2.24) is 0 Å². The van der Waals surface area contributed by atoms with Gasteiger partial charge in [0.25, 0.3) is 0 Å². The van der Waals surface area contributed by atoms with Gasteiger partial charge in [0.2, 0.25) is 0 Å². The van der Waals surface area contributed by atoms with Crippen LogP contribution in [0, 0.1) is 6.92 Å². The van der Waals surface area contributed by atoms with E-state index in [0.717, 1.165) is 0 Å². The lowest BCUT2D eigenvalue weighted by molar-refractivity contribution is 1.45. The molecule has 0 radical (unpaired) electrons. The van der Waals surface area contributed by atoms with E-state index in [1.54, 1.807) is 0 Å². The quantitative estimate of drug-likeness (QED) is 0.381. The Morgan fingerprint density at radius 2 is 0.920 bits per heavy atom. The van der Waals surface area contributed by atoms with E-state index in [2.05, 4.69) is 110 Å². The van der Waals surface area contributed by atoms with Crippen LogP contribution >= 0.6 is 0 Å². The SMILES string of the molecule is Cc1cccc(-c2ccccc2-c2ccccc2)c1-c1ccccc1. The van der Waals surface area contributed by atoms with E-state index >= 15 is 0 Å². The van der Waals surface area contributed by atoms with E-state index in [1.165, 1.54) is 38.9 Å². The Morgan fingerprint density at radius 1 is 0.400 bits per heavy atom. The molecule has 0 aliphatic carbocycles. The number of rotatable bonds is 3. The molecule has 0 heteroatoms. The molecule has 0 N–H and O–H groups in total. The molecule has 0 fully saturated rings. The Balaban J connectivity index is 1.98. The van der Waals surface area contributed by atoms with Crippen LogP contribution in [0.1, 0.15) is 5.56 Å². The van der Waals surface area contributed by atoms with Crippen LogP contribution in [0.25, 0.3) is 33.4 Å². The van der Waals surface area contributed by atoms with E-state index in [1.807, 2.05) is 0 Å². The summed E-state index contributed by atoms with van der Waals surface area (Å²) in [6.45, 7) is 2.19. The van der Waals surface area contributed by atoms with Gasteiger partial charge in [0.05, 0.1) is 0 Å². The lowest BCUT2D eigenvalue weighted by atomic mass is 9.87. The molecule has 4 rings (SSSR count). The third-order valence-electron chi connectivity index (χ3n) is 4.64. The minimum atomic E-state index is 1.25. The summed E-state index contributed by atoms with van der Waals surface area (Å²) in [5.74, 6) is 0. The molecule has 0 aliphatic heterocycles. The number of benzene rings is 4. The first-order valence-electron chi connectivity index (χ1n) is 8.64. The van der Waals surface area contributed by atoms with Gasteiger partial charge in [-0.3, -0.25) is 0 Å². The normalized spacial score (nSPS) is 10.6. The van der Waals surface area contributed by atoms with E-state index < -0.39 is 0 Å². The summed E-state index contributed by atoms with van der Waals surface area (Å²) in [6, 6.07) is 36.5. The van der Waals surface area contributed by atoms with Gasteiger partial charge in [0.15, 0.2) is 0 Å². The Kier molecular flexibility index (Phi) is 4.18. The second-order valence-electron chi connectivity index (χ2n) is 6.28. The van der Waals surface area contributed by atoms with Crippen molar-refractivity contribution in [2.45, 2.75) is 6.92 Å². The van der Waals surface area contributed by atoms with Crippen molar-refractivity contribution in [3.63, 3.8) is 0 Å². The van der Waals surface area contributed by atoms with E-state index in [-0.39, 0.29) is 0 Å². The van der Waals surface area contributed by atoms with E-state index in [0.29, 0.717) is 0 Å². The summed E-state index contributed by atoms with van der Waals surface area (Å²) in [7, 11) is 0. The fraction of sp³-hybridized carbons (Fsp3) is 0.0400. The van der Waals surface area contributed by atoms with Crippen molar-refractivity contribution in [3.05, 3.63) is 109 Å². The summed E-state index contributed by atoms with van der Waals surface area (Å²) in [5, 5.41) is 0. The van der Waals surface area contributed by atoms with Crippen LogP contribution in [-0.4, -0.2) is 0 Å². The van der Waals surface area contributed by atoms with Crippen molar-refractivity contribution in [2.24, 2.45) is 0 Å². The lowest BCUT2D eigenvalue weighted by Crippen LogP contribution is -1.91. The Hall–Kier alpha value is -3.12. The second-order valence-corrected chi connectivity index (χ2v) is 6.28. The summed E-state index contributed by atoms with van der Waals surface area (Å²) < 4.78 is 0. The molecule has 0 atom stereocenters. The van der Waals surface area contributed by atoms with Crippen LogP contribution in [0.4, 0.5) is 0 Å². The van der Waals surface area contributed by atoms with Crippen molar-refractivity contribution in [3.8, 4) is 33.4 Å². The second kappa shape index (κ2) is 6.78. The lowest BCUT2D eigenvalue weighted by Gasteiger charge is -2.16. The standard InChI is InChI=1S/C25H20/c1-19-11-10-18-24(25(19)21-14-6-3-7-15-21)23-17-9-8-16-22(23)20-12-4-2-5-13-20/h2-18H,1H3. The average molecular weight is 320 g/mol. The smallest absolute Gasteiger partial charge is 0.00759 e. The Bertz CT molecular complexity index is 983. The molecule has 0 amide bonds. The molecule has 25 heavy (non-hydrogen) atoms. The predicted molar refractivity (Wildman–Crippen MR) is 107 cm³/mol. The monoisotopic (exact) mass is 320 g/mol. The maximum absolute atomic E-state index is 2.23. The molecule has 120 valence electrons. The fourth-order valence-electron chi connectivity index (χ4n) is 3.47. The highest BCUT2D eigenvalue weighted by molar-refractivity contribution is 5.92. The third-order valence-corrected chi connectivity index (χ3v) is 4.64. The number of aryl methyl sites for hydroxylation is 1.